The van der Waals surface area contributed by atoms with Crippen LogP contribution in [0.3, 0.4) is 0 Å². The van der Waals surface area contributed by atoms with E-state index >= 15 is 0 Å². The lowest BCUT2D eigenvalue weighted by atomic mass is 10.0. The molecule has 0 atom stereocenters. The highest BCUT2D eigenvalue weighted by atomic mass is 16.5. The van der Waals surface area contributed by atoms with Gasteiger partial charge >= 0.3 is 0 Å². The van der Waals surface area contributed by atoms with Crippen molar-refractivity contribution >= 4 is 22.4 Å². The molecule has 2 heterocycles. The molecule has 1 aromatic heterocycles. The molecule has 5 nitrogen and oxygen atoms in total. The van der Waals surface area contributed by atoms with E-state index in [1.54, 1.807) is 6.07 Å². The van der Waals surface area contributed by atoms with Gasteiger partial charge in [-0.25, -0.2) is 4.98 Å². The minimum atomic E-state index is -0.457. The van der Waals surface area contributed by atoms with Gasteiger partial charge in [0.25, 0.3) is 5.91 Å². The first kappa shape index (κ1) is 13.5. The molecule has 1 saturated heterocycles. The van der Waals surface area contributed by atoms with Crippen molar-refractivity contribution in [2.75, 3.05) is 31.2 Å². The number of rotatable bonds is 3. The van der Waals surface area contributed by atoms with Crippen LogP contribution in [0.25, 0.3) is 10.8 Å². The molecular formula is C17H19N3O2. The molecule has 1 aliphatic heterocycles. The number of morpholine rings is 1. The Hall–Kier alpha value is -2.14. The Labute approximate surface area is 129 Å². The molecule has 2 N–H and O–H groups in total. The average molecular weight is 297 g/mol. The Morgan fingerprint density at radius 3 is 2.68 bits per heavy atom. The minimum absolute atomic E-state index is 0.369. The van der Waals surface area contributed by atoms with Crippen molar-refractivity contribution < 1.29 is 9.53 Å². The van der Waals surface area contributed by atoms with Crippen LogP contribution >= 0.6 is 0 Å². The van der Waals surface area contributed by atoms with Gasteiger partial charge < -0.3 is 15.4 Å². The highest BCUT2D eigenvalue weighted by molar-refractivity contribution is 5.97. The van der Waals surface area contributed by atoms with E-state index in [1.165, 1.54) is 5.69 Å². The zero-order valence-electron chi connectivity index (χ0n) is 12.4. The van der Waals surface area contributed by atoms with E-state index in [9.17, 15) is 4.79 Å². The molecule has 4 rings (SSSR count). The predicted molar refractivity (Wildman–Crippen MR) is 85.3 cm³/mol. The molecule has 5 heteroatoms. The van der Waals surface area contributed by atoms with Crippen molar-refractivity contribution in [1.82, 2.24) is 4.98 Å². The lowest BCUT2D eigenvalue weighted by molar-refractivity contribution is 0.0995. The van der Waals surface area contributed by atoms with E-state index in [-0.39, 0.29) is 0 Å². The summed E-state index contributed by atoms with van der Waals surface area (Å²) in [7, 11) is 0. The molecule has 114 valence electrons. The van der Waals surface area contributed by atoms with E-state index in [0.717, 1.165) is 55.6 Å². The van der Waals surface area contributed by atoms with Crippen molar-refractivity contribution in [3.05, 3.63) is 35.7 Å². The number of aromatic nitrogens is 1. The van der Waals surface area contributed by atoms with Crippen LogP contribution < -0.4 is 10.6 Å². The number of ether oxygens (including phenoxy) is 1. The topological polar surface area (TPSA) is 68.5 Å². The monoisotopic (exact) mass is 297 g/mol. The molecule has 0 unspecified atom stereocenters. The average Bonchev–Trinajstić information content (AvgIpc) is 3.39. The van der Waals surface area contributed by atoms with Gasteiger partial charge in [-0.2, -0.15) is 0 Å². The smallest absolute Gasteiger partial charge is 0.267 e. The van der Waals surface area contributed by atoms with Crippen molar-refractivity contribution in [2.45, 2.75) is 18.8 Å². The highest BCUT2D eigenvalue weighted by Crippen LogP contribution is 2.42. The molecule has 1 aromatic carbocycles. The zero-order chi connectivity index (χ0) is 15.1. The molecule has 0 spiro atoms. The van der Waals surface area contributed by atoms with Gasteiger partial charge in [0.05, 0.1) is 18.9 Å². The molecule has 22 heavy (non-hydrogen) atoms. The lowest BCUT2D eigenvalue weighted by Gasteiger charge is -2.29. The summed E-state index contributed by atoms with van der Waals surface area (Å²) in [6.45, 7) is 3.37. The van der Waals surface area contributed by atoms with Crippen LogP contribution in [-0.2, 0) is 4.74 Å². The number of fused-ring (bicyclic) bond motifs is 1. The fourth-order valence-electron chi connectivity index (χ4n) is 3.07. The standard InChI is InChI=1S/C17H19N3O2/c18-17(21)15-9-12-3-4-13(20-5-7-22-8-6-20)10-14(12)16(19-15)11-1-2-11/h3-4,9-11H,1-2,5-8H2,(H2,18,21). The number of benzene rings is 1. The fraction of sp³-hybridized carbons (Fsp3) is 0.412. The van der Waals surface area contributed by atoms with Crippen LogP contribution in [0.4, 0.5) is 5.69 Å². The van der Waals surface area contributed by atoms with Crippen molar-refractivity contribution in [1.29, 1.82) is 0 Å². The van der Waals surface area contributed by atoms with Crippen LogP contribution in [0.15, 0.2) is 24.3 Å². The maximum atomic E-state index is 11.5. The molecule has 1 amide bonds. The van der Waals surface area contributed by atoms with Crippen molar-refractivity contribution in [3.8, 4) is 0 Å². The molecule has 0 bridgehead atoms. The third kappa shape index (κ3) is 2.41. The highest BCUT2D eigenvalue weighted by Gasteiger charge is 2.28. The summed E-state index contributed by atoms with van der Waals surface area (Å²) in [6.07, 6.45) is 2.29. The third-order valence-corrected chi connectivity index (χ3v) is 4.44. The maximum absolute atomic E-state index is 11.5. The molecule has 1 aliphatic carbocycles. The number of nitrogens with two attached hydrogens (primary N) is 1. The van der Waals surface area contributed by atoms with E-state index in [2.05, 4.69) is 28.1 Å². The second-order valence-corrected chi connectivity index (χ2v) is 6.04. The summed E-state index contributed by atoms with van der Waals surface area (Å²) in [6, 6.07) is 8.17. The van der Waals surface area contributed by atoms with E-state index in [1.807, 2.05) is 0 Å². The number of carbonyl (C=O) groups is 1. The zero-order valence-corrected chi connectivity index (χ0v) is 12.4. The number of anilines is 1. The number of nitrogens with zero attached hydrogens (tertiary/aromatic N) is 2. The SMILES string of the molecule is NC(=O)c1cc2ccc(N3CCOCC3)cc2c(C2CC2)n1. The Balaban J connectivity index is 1.82. The van der Waals surface area contributed by atoms with Gasteiger partial charge in [-0.1, -0.05) is 6.07 Å². The van der Waals surface area contributed by atoms with Crippen LogP contribution in [0.5, 0.6) is 0 Å². The van der Waals surface area contributed by atoms with Crippen molar-refractivity contribution in [2.24, 2.45) is 5.73 Å². The molecule has 2 aliphatic rings. The summed E-state index contributed by atoms with van der Waals surface area (Å²) in [5.74, 6) is 0.0165. The van der Waals surface area contributed by atoms with Crippen molar-refractivity contribution in [3.63, 3.8) is 0 Å². The second kappa shape index (κ2) is 5.25. The van der Waals surface area contributed by atoms with Crippen LogP contribution in [-0.4, -0.2) is 37.2 Å². The summed E-state index contributed by atoms with van der Waals surface area (Å²) in [5.41, 5.74) is 8.02. The fourth-order valence-corrected chi connectivity index (χ4v) is 3.07. The maximum Gasteiger partial charge on any atom is 0.267 e. The number of carbonyl (C=O) groups excluding carboxylic acids is 1. The van der Waals surface area contributed by atoms with Crippen LogP contribution in [0.1, 0.15) is 34.9 Å². The van der Waals surface area contributed by atoms with Crippen LogP contribution in [0.2, 0.25) is 0 Å². The quantitative estimate of drug-likeness (QED) is 0.941. The van der Waals surface area contributed by atoms with Gasteiger partial charge in [0, 0.05) is 30.1 Å². The van der Waals surface area contributed by atoms with Gasteiger partial charge in [-0.05, 0) is 36.4 Å². The molecule has 1 saturated carbocycles. The van der Waals surface area contributed by atoms with Gasteiger partial charge in [0.2, 0.25) is 0 Å². The number of pyridine rings is 1. The molecular weight excluding hydrogens is 278 g/mol. The van der Waals surface area contributed by atoms with E-state index < -0.39 is 5.91 Å². The Morgan fingerprint density at radius 1 is 1.23 bits per heavy atom. The summed E-state index contributed by atoms with van der Waals surface area (Å²) >= 11 is 0. The van der Waals surface area contributed by atoms with E-state index in [4.69, 9.17) is 10.5 Å². The van der Waals surface area contributed by atoms with Gasteiger partial charge in [-0.3, -0.25) is 4.79 Å². The number of hydrogen-bond donors (Lipinski definition) is 1. The van der Waals surface area contributed by atoms with Crippen LogP contribution in [0, 0.1) is 0 Å². The summed E-state index contributed by atoms with van der Waals surface area (Å²) in [5, 5.41) is 2.19. The molecule has 2 fully saturated rings. The largest absolute Gasteiger partial charge is 0.378 e. The summed E-state index contributed by atoms with van der Waals surface area (Å²) < 4.78 is 5.42. The van der Waals surface area contributed by atoms with Gasteiger partial charge in [0.15, 0.2) is 0 Å². The second-order valence-electron chi connectivity index (χ2n) is 6.04. The first-order chi connectivity index (χ1) is 10.7. The lowest BCUT2D eigenvalue weighted by Crippen LogP contribution is -2.36. The van der Waals surface area contributed by atoms with E-state index in [0.29, 0.717) is 11.6 Å². The molecule has 0 radical (unpaired) electrons. The normalized spacial score (nSPS) is 18.6. The Kier molecular flexibility index (Phi) is 3.22. The predicted octanol–water partition coefficient (Wildman–Crippen LogP) is 2.05. The molecule has 2 aromatic rings. The first-order valence-corrected chi connectivity index (χ1v) is 7.79. The number of primary amides is 1. The first-order valence-electron chi connectivity index (χ1n) is 7.79. The number of amides is 1. The summed E-state index contributed by atoms with van der Waals surface area (Å²) in [4.78, 5) is 18.4. The number of hydrogen-bond acceptors (Lipinski definition) is 4. The Bertz CT molecular complexity index is 734. The Morgan fingerprint density at radius 2 is 2.00 bits per heavy atom. The third-order valence-electron chi connectivity index (χ3n) is 4.44. The van der Waals surface area contributed by atoms with Gasteiger partial charge in [-0.15, -0.1) is 0 Å². The van der Waals surface area contributed by atoms with Gasteiger partial charge in [0.1, 0.15) is 5.69 Å². The minimum Gasteiger partial charge on any atom is -0.378 e.